The lowest BCUT2D eigenvalue weighted by Crippen LogP contribution is -2.16. The molecule has 0 saturated carbocycles. The summed E-state index contributed by atoms with van der Waals surface area (Å²) in [6.07, 6.45) is 1.59. The van der Waals surface area contributed by atoms with Gasteiger partial charge in [-0.25, -0.2) is 15.0 Å². The summed E-state index contributed by atoms with van der Waals surface area (Å²) in [5, 5.41) is 0. The van der Waals surface area contributed by atoms with Crippen molar-refractivity contribution in [1.29, 1.82) is 0 Å². The Labute approximate surface area is 102 Å². The van der Waals surface area contributed by atoms with Crippen LogP contribution in [0.2, 0.25) is 0 Å². The van der Waals surface area contributed by atoms with E-state index < -0.39 is 0 Å². The Morgan fingerprint density at radius 1 is 1.06 bits per heavy atom. The molecule has 0 bridgehead atoms. The molecule has 0 radical (unpaired) electrons. The molecule has 17 heavy (non-hydrogen) atoms. The number of hydrogen-bond donors (Lipinski definition) is 0. The van der Waals surface area contributed by atoms with Gasteiger partial charge >= 0.3 is 0 Å². The third kappa shape index (κ3) is 2.67. The van der Waals surface area contributed by atoms with Crippen LogP contribution in [0.1, 0.15) is 32.2 Å². The maximum atomic E-state index is 4.53. The van der Waals surface area contributed by atoms with Crippen molar-refractivity contribution in [3.05, 3.63) is 42.0 Å². The van der Waals surface area contributed by atoms with Gasteiger partial charge in [-0.15, -0.1) is 0 Å². The molecule has 0 N–H and O–H groups in total. The van der Waals surface area contributed by atoms with Crippen LogP contribution in [0.4, 0.5) is 0 Å². The molecule has 0 fully saturated rings. The third-order valence-corrected chi connectivity index (χ3v) is 2.52. The molecule has 3 heteroatoms. The molecular weight excluding hydrogens is 210 g/mol. The molecule has 1 heterocycles. The van der Waals surface area contributed by atoms with E-state index >= 15 is 0 Å². The van der Waals surface area contributed by atoms with Crippen molar-refractivity contribution < 1.29 is 0 Å². The van der Waals surface area contributed by atoms with Gasteiger partial charge in [0.2, 0.25) is 0 Å². The highest BCUT2D eigenvalue weighted by Gasteiger charge is 2.18. The number of hydrogen-bond acceptors (Lipinski definition) is 3. The van der Waals surface area contributed by atoms with Crippen molar-refractivity contribution in [2.45, 2.75) is 33.1 Å². The monoisotopic (exact) mass is 227 g/mol. The SMILES string of the molecule is Cc1cccc(-c2ncnc(C(C)(C)C)n2)c1. The first-order chi connectivity index (χ1) is 7.97. The predicted octanol–water partition coefficient (Wildman–Crippen LogP) is 3.14. The van der Waals surface area contributed by atoms with Gasteiger partial charge in [0, 0.05) is 11.0 Å². The minimum absolute atomic E-state index is 0.0541. The quantitative estimate of drug-likeness (QED) is 0.751. The lowest BCUT2D eigenvalue weighted by atomic mass is 9.96. The molecule has 2 rings (SSSR count). The second-order valence-corrected chi connectivity index (χ2v) is 5.25. The van der Waals surface area contributed by atoms with Gasteiger partial charge in [-0.3, -0.25) is 0 Å². The van der Waals surface area contributed by atoms with Crippen LogP contribution < -0.4 is 0 Å². The zero-order valence-electron chi connectivity index (χ0n) is 10.7. The van der Waals surface area contributed by atoms with Crippen molar-refractivity contribution in [3.63, 3.8) is 0 Å². The number of aromatic nitrogens is 3. The van der Waals surface area contributed by atoms with Crippen molar-refractivity contribution in [2.24, 2.45) is 0 Å². The molecule has 88 valence electrons. The smallest absolute Gasteiger partial charge is 0.163 e. The summed E-state index contributed by atoms with van der Waals surface area (Å²) in [4.78, 5) is 13.0. The Morgan fingerprint density at radius 2 is 1.82 bits per heavy atom. The molecule has 3 nitrogen and oxygen atoms in total. The highest BCUT2D eigenvalue weighted by molar-refractivity contribution is 5.55. The van der Waals surface area contributed by atoms with Gasteiger partial charge in [0.05, 0.1) is 0 Å². The van der Waals surface area contributed by atoms with E-state index in [4.69, 9.17) is 0 Å². The standard InChI is InChI=1S/C14H17N3/c1-10-6-5-7-11(8-10)12-15-9-16-13(17-12)14(2,3)4/h5-9H,1-4H3. The van der Waals surface area contributed by atoms with E-state index in [9.17, 15) is 0 Å². The van der Waals surface area contributed by atoms with Gasteiger partial charge in [-0.05, 0) is 13.0 Å². The minimum atomic E-state index is -0.0541. The molecule has 0 aliphatic heterocycles. The Bertz CT molecular complexity index is 527. The fourth-order valence-electron chi connectivity index (χ4n) is 1.58. The summed E-state index contributed by atoms with van der Waals surface area (Å²) in [5.41, 5.74) is 2.19. The van der Waals surface area contributed by atoms with Gasteiger partial charge in [0.1, 0.15) is 12.2 Å². The van der Waals surface area contributed by atoms with E-state index in [1.165, 1.54) is 5.56 Å². The van der Waals surface area contributed by atoms with E-state index in [-0.39, 0.29) is 5.41 Å². The first-order valence-corrected chi connectivity index (χ1v) is 5.73. The van der Waals surface area contributed by atoms with Crippen LogP contribution in [0.15, 0.2) is 30.6 Å². The summed E-state index contributed by atoms with van der Waals surface area (Å²) in [6, 6.07) is 8.19. The maximum absolute atomic E-state index is 4.53. The Morgan fingerprint density at radius 3 is 2.47 bits per heavy atom. The van der Waals surface area contributed by atoms with Gasteiger partial charge < -0.3 is 0 Å². The van der Waals surface area contributed by atoms with Crippen LogP contribution in [-0.4, -0.2) is 15.0 Å². The van der Waals surface area contributed by atoms with Crippen molar-refractivity contribution >= 4 is 0 Å². The van der Waals surface area contributed by atoms with Crippen molar-refractivity contribution in [1.82, 2.24) is 15.0 Å². The van der Waals surface area contributed by atoms with E-state index in [0.717, 1.165) is 17.2 Å². The zero-order valence-corrected chi connectivity index (χ0v) is 10.7. The highest BCUT2D eigenvalue weighted by Crippen LogP contribution is 2.21. The van der Waals surface area contributed by atoms with Crippen molar-refractivity contribution in [2.75, 3.05) is 0 Å². The summed E-state index contributed by atoms with van der Waals surface area (Å²) in [6.45, 7) is 8.36. The number of benzene rings is 1. The Hall–Kier alpha value is -1.77. The Kier molecular flexibility index (Phi) is 2.92. The van der Waals surface area contributed by atoms with Crippen molar-refractivity contribution in [3.8, 4) is 11.4 Å². The highest BCUT2D eigenvalue weighted by atomic mass is 15.0. The van der Waals surface area contributed by atoms with Gasteiger partial charge in [-0.1, -0.05) is 44.5 Å². The fraction of sp³-hybridized carbons (Fsp3) is 0.357. The van der Waals surface area contributed by atoms with Crippen LogP contribution in [0.3, 0.4) is 0 Å². The lowest BCUT2D eigenvalue weighted by molar-refractivity contribution is 0.542. The summed E-state index contributed by atoms with van der Waals surface area (Å²) in [7, 11) is 0. The average molecular weight is 227 g/mol. The molecule has 0 aliphatic rings. The molecule has 0 unspecified atom stereocenters. The number of aryl methyl sites for hydroxylation is 1. The lowest BCUT2D eigenvalue weighted by Gasteiger charge is -2.16. The van der Waals surface area contributed by atoms with Crippen LogP contribution in [0.5, 0.6) is 0 Å². The second kappa shape index (κ2) is 4.24. The maximum Gasteiger partial charge on any atom is 0.163 e. The number of rotatable bonds is 1. The molecular formula is C14H17N3. The topological polar surface area (TPSA) is 38.7 Å². The largest absolute Gasteiger partial charge is 0.221 e. The summed E-state index contributed by atoms with van der Waals surface area (Å²) >= 11 is 0. The third-order valence-electron chi connectivity index (χ3n) is 2.52. The van der Waals surface area contributed by atoms with E-state index in [2.05, 4.69) is 54.8 Å². The number of nitrogens with zero attached hydrogens (tertiary/aromatic N) is 3. The van der Waals surface area contributed by atoms with Crippen LogP contribution in [0.25, 0.3) is 11.4 Å². The normalized spacial score (nSPS) is 11.5. The van der Waals surface area contributed by atoms with Gasteiger partial charge in [-0.2, -0.15) is 0 Å². The molecule has 0 aliphatic carbocycles. The van der Waals surface area contributed by atoms with Gasteiger partial charge in [0.15, 0.2) is 5.82 Å². The average Bonchev–Trinajstić information content (AvgIpc) is 2.28. The molecule has 1 aromatic carbocycles. The molecule has 2 aromatic rings. The molecule has 0 atom stereocenters. The second-order valence-electron chi connectivity index (χ2n) is 5.25. The predicted molar refractivity (Wildman–Crippen MR) is 68.7 cm³/mol. The molecule has 0 spiro atoms. The summed E-state index contributed by atoms with van der Waals surface area (Å²) in [5.74, 6) is 1.57. The van der Waals surface area contributed by atoms with E-state index in [0.29, 0.717) is 0 Å². The fourth-order valence-corrected chi connectivity index (χ4v) is 1.58. The first kappa shape index (κ1) is 11.7. The Balaban J connectivity index is 2.47. The summed E-state index contributed by atoms with van der Waals surface area (Å²) < 4.78 is 0. The minimum Gasteiger partial charge on any atom is -0.221 e. The zero-order chi connectivity index (χ0) is 12.5. The molecule has 1 aromatic heterocycles. The van der Waals surface area contributed by atoms with Gasteiger partial charge in [0.25, 0.3) is 0 Å². The molecule has 0 amide bonds. The van der Waals surface area contributed by atoms with Crippen LogP contribution in [0, 0.1) is 6.92 Å². The molecule has 0 saturated heterocycles. The van der Waals surface area contributed by atoms with E-state index in [1.807, 2.05) is 12.1 Å². The first-order valence-electron chi connectivity index (χ1n) is 5.73. The van der Waals surface area contributed by atoms with Crippen LogP contribution in [-0.2, 0) is 5.41 Å². The van der Waals surface area contributed by atoms with Crippen LogP contribution >= 0.6 is 0 Å². The van der Waals surface area contributed by atoms with E-state index in [1.54, 1.807) is 6.33 Å².